The summed E-state index contributed by atoms with van der Waals surface area (Å²) in [5.74, 6) is -0.904. The molecule has 0 bridgehead atoms. The van der Waals surface area contributed by atoms with Crippen molar-refractivity contribution in [3.8, 4) is 0 Å². The number of nitrogens with one attached hydrogen (secondary N) is 1. The van der Waals surface area contributed by atoms with Crippen molar-refractivity contribution in [3.05, 3.63) is 102 Å². The second-order valence-corrected chi connectivity index (χ2v) is 10.3. The minimum absolute atomic E-state index is 0.0188. The van der Waals surface area contributed by atoms with Gasteiger partial charge in [-0.2, -0.15) is 13.2 Å². The third kappa shape index (κ3) is 5.94. The van der Waals surface area contributed by atoms with Crippen LogP contribution in [0.2, 0.25) is 0 Å². The lowest BCUT2D eigenvalue weighted by Gasteiger charge is -2.40. The standard InChI is InChI=1S/C28H24F4N4O2S/c29-22-10-6-20(7-11-22)26(28(30,31)32)35-15-17-36(18-16-35)27(37)21-8-12-23(13-9-21)34-39(38)24-5-1-3-19-4-2-14-33-25(19)24/h1-14,26,34H,15-18H2. The molecule has 1 saturated heterocycles. The van der Waals surface area contributed by atoms with E-state index in [0.717, 1.165) is 29.7 Å². The highest BCUT2D eigenvalue weighted by Gasteiger charge is 2.45. The number of aromatic nitrogens is 1. The van der Waals surface area contributed by atoms with E-state index in [-0.39, 0.29) is 37.6 Å². The maximum absolute atomic E-state index is 13.9. The van der Waals surface area contributed by atoms with Crippen molar-refractivity contribution < 1.29 is 26.6 Å². The van der Waals surface area contributed by atoms with Crippen molar-refractivity contribution in [2.75, 3.05) is 30.9 Å². The van der Waals surface area contributed by atoms with E-state index >= 15 is 0 Å². The minimum atomic E-state index is -4.55. The Kier molecular flexibility index (Phi) is 7.62. The molecule has 3 aromatic carbocycles. The van der Waals surface area contributed by atoms with Crippen LogP contribution in [0.25, 0.3) is 10.9 Å². The van der Waals surface area contributed by atoms with E-state index in [9.17, 15) is 26.6 Å². The number of halogens is 4. The number of alkyl halides is 3. The van der Waals surface area contributed by atoms with Crippen LogP contribution in [0.15, 0.2) is 90.0 Å². The largest absolute Gasteiger partial charge is 0.408 e. The summed E-state index contributed by atoms with van der Waals surface area (Å²) in [5, 5.41) is 0.866. The maximum Gasteiger partial charge on any atom is 0.408 e. The summed E-state index contributed by atoms with van der Waals surface area (Å²) in [6.07, 6.45) is -2.91. The Hall–Kier alpha value is -3.83. The van der Waals surface area contributed by atoms with Gasteiger partial charge in [0.1, 0.15) is 11.9 Å². The SMILES string of the molecule is O=C(c1ccc(NS(=O)c2cccc3cccnc23)cc1)N1CCN(C(c2ccc(F)cc2)C(F)(F)F)CC1. The van der Waals surface area contributed by atoms with Crippen LogP contribution in [0, 0.1) is 5.82 Å². The topological polar surface area (TPSA) is 65.5 Å². The Balaban J connectivity index is 1.22. The third-order valence-electron chi connectivity index (χ3n) is 6.60. The summed E-state index contributed by atoms with van der Waals surface area (Å²) < 4.78 is 70.8. The zero-order valence-corrected chi connectivity index (χ0v) is 21.4. The first-order valence-corrected chi connectivity index (χ1v) is 13.3. The number of pyridine rings is 1. The number of hydrogen-bond acceptors (Lipinski definition) is 4. The number of nitrogens with zero attached hydrogens (tertiary/aromatic N) is 3. The Morgan fingerprint density at radius 3 is 2.23 bits per heavy atom. The molecule has 1 amide bonds. The van der Waals surface area contributed by atoms with E-state index in [0.29, 0.717) is 21.7 Å². The Morgan fingerprint density at radius 1 is 0.897 bits per heavy atom. The van der Waals surface area contributed by atoms with Crippen LogP contribution >= 0.6 is 0 Å². The zero-order valence-electron chi connectivity index (χ0n) is 20.6. The van der Waals surface area contributed by atoms with Gasteiger partial charge in [-0.05, 0) is 54.1 Å². The van der Waals surface area contributed by atoms with Gasteiger partial charge in [-0.3, -0.25) is 14.7 Å². The van der Waals surface area contributed by atoms with E-state index in [4.69, 9.17) is 0 Å². The summed E-state index contributed by atoms with van der Waals surface area (Å²) in [7, 11) is -1.59. The second kappa shape index (κ2) is 11.1. The summed E-state index contributed by atoms with van der Waals surface area (Å²) in [5.41, 5.74) is 1.50. The first-order chi connectivity index (χ1) is 18.7. The lowest BCUT2D eigenvalue weighted by molar-refractivity contribution is -0.189. The van der Waals surface area contributed by atoms with Crippen LogP contribution in [-0.2, 0) is 11.0 Å². The van der Waals surface area contributed by atoms with Gasteiger partial charge in [-0.25, -0.2) is 8.60 Å². The molecule has 1 aromatic heterocycles. The molecule has 2 heterocycles. The Labute approximate surface area is 224 Å². The fourth-order valence-corrected chi connectivity index (χ4v) is 5.69. The van der Waals surface area contributed by atoms with Crippen molar-refractivity contribution in [2.24, 2.45) is 0 Å². The number of rotatable bonds is 6. The maximum atomic E-state index is 13.9. The van der Waals surface area contributed by atoms with E-state index in [1.807, 2.05) is 12.1 Å². The number of carbonyl (C=O) groups is 1. The molecule has 0 spiro atoms. The molecular formula is C28H24F4N4O2S. The summed E-state index contributed by atoms with van der Waals surface area (Å²) in [6.45, 7) is 0.269. The number of anilines is 1. The fourth-order valence-electron chi connectivity index (χ4n) is 4.69. The van der Waals surface area contributed by atoms with Crippen LogP contribution in [0.4, 0.5) is 23.2 Å². The average molecular weight is 557 g/mol. The third-order valence-corrected chi connectivity index (χ3v) is 7.75. The number of piperazine rings is 1. The highest BCUT2D eigenvalue weighted by molar-refractivity contribution is 7.86. The average Bonchev–Trinajstić information content (AvgIpc) is 2.93. The molecule has 0 radical (unpaired) electrons. The number of hydrogen-bond donors (Lipinski definition) is 1. The molecule has 1 fully saturated rings. The molecule has 1 aliphatic rings. The second-order valence-electron chi connectivity index (χ2n) is 9.10. The summed E-state index contributed by atoms with van der Waals surface area (Å²) >= 11 is 0. The summed E-state index contributed by atoms with van der Waals surface area (Å²) in [6, 6.07) is 18.0. The predicted octanol–water partition coefficient (Wildman–Crippen LogP) is 5.57. The Bertz CT molecular complexity index is 1480. The van der Waals surface area contributed by atoms with Gasteiger partial charge in [0, 0.05) is 49.0 Å². The van der Waals surface area contributed by atoms with Crippen molar-refractivity contribution >= 4 is 33.5 Å². The number of amides is 1. The zero-order chi connectivity index (χ0) is 27.6. The van der Waals surface area contributed by atoms with Gasteiger partial charge in [0.15, 0.2) is 11.0 Å². The quantitative estimate of drug-likeness (QED) is 0.316. The monoisotopic (exact) mass is 556 g/mol. The lowest BCUT2D eigenvalue weighted by Crippen LogP contribution is -2.52. The van der Waals surface area contributed by atoms with Gasteiger partial charge in [-0.15, -0.1) is 0 Å². The van der Waals surface area contributed by atoms with Gasteiger partial charge < -0.3 is 9.62 Å². The smallest absolute Gasteiger partial charge is 0.336 e. The molecule has 6 nitrogen and oxygen atoms in total. The molecule has 11 heteroatoms. The van der Waals surface area contributed by atoms with Gasteiger partial charge in [-0.1, -0.05) is 30.3 Å². The van der Waals surface area contributed by atoms with Crippen molar-refractivity contribution in [3.63, 3.8) is 0 Å². The molecule has 2 unspecified atom stereocenters. The number of benzene rings is 3. The van der Waals surface area contributed by atoms with E-state index in [1.165, 1.54) is 9.80 Å². The molecule has 1 aliphatic heterocycles. The number of fused-ring (bicyclic) bond motifs is 1. The highest BCUT2D eigenvalue weighted by atomic mass is 32.2. The molecule has 202 valence electrons. The number of para-hydroxylation sites is 1. The molecule has 1 N–H and O–H groups in total. The van der Waals surface area contributed by atoms with Gasteiger partial charge >= 0.3 is 6.18 Å². The minimum Gasteiger partial charge on any atom is -0.336 e. The molecule has 0 saturated carbocycles. The Morgan fingerprint density at radius 2 is 1.56 bits per heavy atom. The number of carbonyl (C=O) groups excluding carboxylic acids is 1. The van der Waals surface area contributed by atoms with Crippen LogP contribution in [0.5, 0.6) is 0 Å². The molecule has 2 atom stereocenters. The van der Waals surface area contributed by atoms with Gasteiger partial charge in [0.05, 0.1) is 10.4 Å². The van der Waals surface area contributed by atoms with Crippen LogP contribution in [0.1, 0.15) is 22.0 Å². The normalized spacial score (nSPS) is 16.2. The fraction of sp³-hybridized carbons (Fsp3) is 0.214. The van der Waals surface area contributed by atoms with Crippen molar-refractivity contribution in [2.45, 2.75) is 17.1 Å². The molecule has 0 aliphatic carbocycles. The van der Waals surface area contributed by atoms with Crippen LogP contribution in [0.3, 0.4) is 0 Å². The molecule has 5 rings (SSSR count). The molecule has 39 heavy (non-hydrogen) atoms. The first-order valence-electron chi connectivity index (χ1n) is 12.2. The van der Waals surface area contributed by atoms with Crippen LogP contribution in [-0.4, -0.2) is 57.3 Å². The van der Waals surface area contributed by atoms with Crippen LogP contribution < -0.4 is 4.72 Å². The van der Waals surface area contributed by atoms with Crippen molar-refractivity contribution in [1.82, 2.24) is 14.8 Å². The molecular weight excluding hydrogens is 532 g/mol. The van der Waals surface area contributed by atoms with Gasteiger partial charge in [0.2, 0.25) is 0 Å². The van der Waals surface area contributed by atoms with E-state index in [2.05, 4.69) is 9.71 Å². The highest BCUT2D eigenvalue weighted by Crippen LogP contribution is 2.38. The summed E-state index contributed by atoms with van der Waals surface area (Å²) in [4.78, 5) is 20.7. The molecule has 4 aromatic rings. The predicted molar refractivity (Wildman–Crippen MR) is 141 cm³/mol. The lowest BCUT2D eigenvalue weighted by atomic mass is 10.0. The van der Waals surface area contributed by atoms with E-state index in [1.54, 1.807) is 48.7 Å². The van der Waals surface area contributed by atoms with Gasteiger partial charge in [0.25, 0.3) is 5.91 Å². The van der Waals surface area contributed by atoms with E-state index < -0.39 is 29.0 Å². The van der Waals surface area contributed by atoms with Crippen molar-refractivity contribution in [1.29, 1.82) is 0 Å². The first kappa shape index (κ1) is 26.8.